The van der Waals surface area contributed by atoms with Crippen molar-refractivity contribution in [1.29, 1.82) is 0 Å². The van der Waals surface area contributed by atoms with Crippen LogP contribution in [0, 0.1) is 6.92 Å². The zero-order valence-electron chi connectivity index (χ0n) is 8.93. The molecule has 1 aromatic rings. The Labute approximate surface area is 87.1 Å². The smallest absolute Gasteiger partial charge is 0.302 e. The van der Waals surface area contributed by atoms with Crippen molar-refractivity contribution < 1.29 is 0 Å². The van der Waals surface area contributed by atoms with Crippen molar-refractivity contribution in [1.82, 2.24) is 9.97 Å². The molecular weight excluding hydrogens is 200 g/mol. The highest BCUT2D eigenvalue weighted by Gasteiger charge is 2.02. The van der Waals surface area contributed by atoms with Crippen LogP contribution in [0.5, 0.6) is 0 Å². The van der Waals surface area contributed by atoms with Crippen LogP contribution < -0.4 is 11.2 Å². The SMILES string of the molecule is CC.CCSc1[nH]c(=O)[nH]c(=O)c1C. The molecule has 0 unspecified atom stereocenters. The molecule has 0 amide bonds. The van der Waals surface area contributed by atoms with Gasteiger partial charge in [0.15, 0.2) is 0 Å². The van der Waals surface area contributed by atoms with E-state index >= 15 is 0 Å². The minimum Gasteiger partial charge on any atom is -0.302 e. The van der Waals surface area contributed by atoms with Crippen molar-refractivity contribution in [3.63, 3.8) is 0 Å². The van der Waals surface area contributed by atoms with Gasteiger partial charge in [-0.15, -0.1) is 11.8 Å². The Morgan fingerprint density at radius 3 is 2.29 bits per heavy atom. The Balaban J connectivity index is 0.000000791. The average Bonchev–Trinajstić information content (AvgIpc) is 2.17. The Morgan fingerprint density at radius 2 is 1.79 bits per heavy atom. The maximum Gasteiger partial charge on any atom is 0.326 e. The summed E-state index contributed by atoms with van der Waals surface area (Å²) in [5.74, 6) is 0.834. The number of hydrogen-bond acceptors (Lipinski definition) is 3. The molecule has 2 N–H and O–H groups in total. The summed E-state index contributed by atoms with van der Waals surface area (Å²) in [4.78, 5) is 26.6. The van der Waals surface area contributed by atoms with E-state index in [1.54, 1.807) is 6.92 Å². The highest BCUT2D eigenvalue weighted by atomic mass is 32.2. The third-order valence-corrected chi connectivity index (χ3v) is 2.41. The lowest BCUT2D eigenvalue weighted by molar-refractivity contribution is 0.915. The van der Waals surface area contributed by atoms with Gasteiger partial charge < -0.3 is 4.98 Å². The molecule has 0 aliphatic heterocycles. The molecule has 0 saturated carbocycles. The first-order valence-electron chi connectivity index (χ1n) is 4.61. The molecule has 80 valence electrons. The lowest BCUT2D eigenvalue weighted by Crippen LogP contribution is -2.24. The molecule has 0 bridgehead atoms. The Bertz CT molecular complexity index is 381. The fourth-order valence-corrected chi connectivity index (χ4v) is 1.58. The lowest BCUT2D eigenvalue weighted by atomic mass is 10.4. The van der Waals surface area contributed by atoms with Gasteiger partial charge in [0.25, 0.3) is 5.56 Å². The number of H-pyrrole nitrogens is 2. The van der Waals surface area contributed by atoms with Gasteiger partial charge in [-0.25, -0.2) is 4.79 Å². The van der Waals surface area contributed by atoms with Crippen molar-refractivity contribution in [3.05, 3.63) is 26.4 Å². The first kappa shape index (κ1) is 13.0. The second kappa shape index (κ2) is 6.48. The molecule has 1 aromatic heterocycles. The normalized spacial score (nSPS) is 9.14. The number of nitrogens with one attached hydrogen (secondary N) is 2. The van der Waals surface area contributed by atoms with Gasteiger partial charge in [-0.05, 0) is 12.7 Å². The van der Waals surface area contributed by atoms with Gasteiger partial charge >= 0.3 is 5.69 Å². The molecule has 0 fully saturated rings. The van der Waals surface area contributed by atoms with Crippen molar-refractivity contribution in [2.45, 2.75) is 32.7 Å². The van der Waals surface area contributed by atoms with Gasteiger partial charge in [-0.3, -0.25) is 9.78 Å². The van der Waals surface area contributed by atoms with E-state index in [4.69, 9.17) is 0 Å². The highest BCUT2D eigenvalue weighted by molar-refractivity contribution is 7.99. The van der Waals surface area contributed by atoms with Crippen LogP contribution in [0.2, 0.25) is 0 Å². The van der Waals surface area contributed by atoms with Gasteiger partial charge in [0, 0.05) is 5.56 Å². The van der Waals surface area contributed by atoms with E-state index in [9.17, 15) is 9.59 Å². The topological polar surface area (TPSA) is 65.7 Å². The van der Waals surface area contributed by atoms with Crippen LogP contribution in [0.25, 0.3) is 0 Å². The van der Waals surface area contributed by atoms with Crippen LogP contribution in [0.3, 0.4) is 0 Å². The predicted octanol–water partition coefficient (Wildman–Crippen LogP) is 1.51. The molecular formula is C9H16N2O2S. The second-order valence-electron chi connectivity index (χ2n) is 2.30. The van der Waals surface area contributed by atoms with Crippen LogP contribution >= 0.6 is 11.8 Å². The highest BCUT2D eigenvalue weighted by Crippen LogP contribution is 2.13. The van der Waals surface area contributed by atoms with Crippen LogP contribution in [0.1, 0.15) is 26.3 Å². The summed E-state index contributed by atoms with van der Waals surface area (Å²) in [7, 11) is 0. The van der Waals surface area contributed by atoms with Crippen molar-refractivity contribution in [2.75, 3.05) is 5.75 Å². The van der Waals surface area contributed by atoms with E-state index in [2.05, 4.69) is 9.97 Å². The summed E-state index contributed by atoms with van der Waals surface area (Å²) < 4.78 is 0. The third-order valence-electron chi connectivity index (χ3n) is 1.42. The molecule has 1 heterocycles. The summed E-state index contributed by atoms with van der Waals surface area (Å²) in [6, 6.07) is 0. The summed E-state index contributed by atoms with van der Waals surface area (Å²) in [6.07, 6.45) is 0. The van der Waals surface area contributed by atoms with Crippen LogP contribution in [-0.4, -0.2) is 15.7 Å². The zero-order chi connectivity index (χ0) is 11.1. The maximum atomic E-state index is 11.0. The number of rotatable bonds is 2. The molecule has 0 radical (unpaired) electrons. The van der Waals surface area contributed by atoms with Crippen LogP contribution in [0.4, 0.5) is 0 Å². The largest absolute Gasteiger partial charge is 0.326 e. The fraction of sp³-hybridized carbons (Fsp3) is 0.556. The molecule has 4 nitrogen and oxygen atoms in total. The van der Waals surface area contributed by atoms with Gasteiger partial charge in [0.1, 0.15) is 0 Å². The summed E-state index contributed by atoms with van der Waals surface area (Å²) in [5.41, 5.74) is -0.183. The first-order valence-corrected chi connectivity index (χ1v) is 5.59. The molecule has 0 aliphatic rings. The molecule has 0 aliphatic carbocycles. The standard InChI is InChI=1S/C7H10N2O2S.C2H6/c1-3-12-6-4(2)5(10)8-7(11)9-6;1-2/h3H2,1-2H3,(H2,8,9,10,11);1-2H3. The molecule has 14 heavy (non-hydrogen) atoms. The predicted molar refractivity (Wildman–Crippen MR) is 60.2 cm³/mol. The van der Waals surface area contributed by atoms with Gasteiger partial charge in [0.2, 0.25) is 0 Å². The van der Waals surface area contributed by atoms with E-state index in [0.29, 0.717) is 10.6 Å². The Morgan fingerprint density at radius 1 is 1.21 bits per heavy atom. The first-order chi connectivity index (χ1) is 6.65. The van der Waals surface area contributed by atoms with E-state index in [1.807, 2.05) is 20.8 Å². The Hall–Kier alpha value is -0.970. The number of hydrogen-bond donors (Lipinski definition) is 2. The van der Waals surface area contributed by atoms with E-state index in [1.165, 1.54) is 11.8 Å². The molecule has 0 spiro atoms. The minimum atomic E-state index is -0.443. The summed E-state index contributed by atoms with van der Waals surface area (Å²) in [6.45, 7) is 7.65. The number of aromatic nitrogens is 2. The minimum absolute atomic E-state index is 0.310. The molecule has 0 saturated heterocycles. The molecule has 0 aromatic carbocycles. The molecule has 0 atom stereocenters. The van der Waals surface area contributed by atoms with Gasteiger partial charge in [-0.2, -0.15) is 0 Å². The zero-order valence-corrected chi connectivity index (χ0v) is 9.75. The average molecular weight is 216 g/mol. The third kappa shape index (κ3) is 3.41. The fourth-order valence-electron chi connectivity index (χ4n) is 0.817. The van der Waals surface area contributed by atoms with Crippen molar-refractivity contribution in [2.24, 2.45) is 0 Å². The van der Waals surface area contributed by atoms with E-state index in [-0.39, 0.29) is 5.56 Å². The Kier molecular flexibility index (Phi) is 6.03. The van der Waals surface area contributed by atoms with Gasteiger partial charge in [-0.1, -0.05) is 20.8 Å². The van der Waals surface area contributed by atoms with Crippen molar-refractivity contribution in [3.8, 4) is 0 Å². The molecule has 1 rings (SSSR count). The summed E-state index contributed by atoms with van der Waals surface area (Å²) >= 11 is 1.45. The monoisotopic (exact) mass is 216 g/mol. The lowest BCUT2D eigenvalue weighted by Gasteiger charge is -1.99. The molecule has 5 heteroatoms. The van der Waals surface area contributed by atoms with Crippen molar-refractivity contribution >= 4 is 11.8 Å². The van der Waals surface area contributed by atoms with E-state index in [0.717, 1.165) is 5.75 Å². The van der Waals surface area contributed by atoms with Crippen LogP contribution in [-0.2, 0) is 0 Å². The number of aromatic amines is 2. The summed E-state index contributed by atoms with van der Waals surface area (Å²) in [5, 5.41) is 0.659. The number of thioether (sulfide) groups is 1. The quantitative estimate of drug-likeness (QED) is 0.581. The van der Waals surface area contributed by atoms with Crippen LogP contribution in [0.15, 0.2) is 14.6 Å². The maximum absolute atomic E-state index is 11.0. The van der Waals surface area contributed by atoms with E-state index < -0.39 is 5.69 Å². The second-order valence-corrected chi connectivity index (χ2v) is 3.57. The van der Waals surface area contributed by atoms with Gasteiger partial charge in [0.05, 0.1) is 5.03 Å².